The maximum absolute atomic E-state index is 6.48. The number of para-hydroxylation sites is 2. The van der Waals surface area contributed by atoms with Gasteiger partial charge in [-0.15, -0.1) is 5.10 Å². The zero-order valence-corrected chi connectivity index (χ0v) is 22.2. The van der Waals surface area contributed by atoms with E-state index in [0.29, 0.717) is 16.6 Å². The monoisotopic (exact) mass is 536 g/mol. The van der Waals surface area contributed by atoms with Gasteiger partial charge in [-0.2, -0.15) is 4.68 Å². The van der Waals surface area contributed by atoms with Crippen LogP contribution in [0.25, 0.3) is 16.6 Å². The lowest BCUT2D eigenvalue weighted by molar-refractivity contribution is 0.672. The number of fused-ring (bicyclic) bond motifs is 1. The quantitative estimate of drug-likeness (QED) is 0.162. The molecule has 0 aliphatic carbocycles. The fraction of sp³-hybridized carbons (Fsp3) is 0.222. The third-order valence-corrected chi connectivity index (χ3v) is 7.77. The lowest BCUT2D eigenvalue weighted by Gasteiger charge is -2.11. The molecule has 0 radical (unpaired) electrons. The lowest BCUT2D eigenvalue weighted by Crippen LogP contribution is -2.16. The standard InChI is InChI=1S/C27H26Cl2N6S/c1-19-24(17-30-14-7-15-36-27-31-32-33-35(27)22-8-3-2-4-9-22)23-10-5-6-11-26(23)34(19)18-20-12-13-21(28)16-25(20)29/h2-6,8-13,16,30H,7,14-15,17-18H2,1H3. The minimum atomic E-state index is 0.650. The van der Waals surface area contributed by atoms with E-state index in [1.54, 1.807) is 22.5 Å². The fourth-order valence-corrected chi connectivity index (χ4v) is 5.62. The van der Waals surface area contributed by atoms with Crippen molar-refractivity contribution < 1.29 is 0 Å². The summed E-state index contributed by atoms with van der Waals surface area (Å²) < 4.78 is 4.12. The molecule has 5 aromatic rings. The number of nitrogens with zero attached hydrogens (tertiary/aromatic N) is 5. The van der Waals surface area contributed by atoms with Gasteiger partial charge >= 0.3 is 0 Å². The lowest BCUT2D eigenvalue weighted by atomic mass is 10.1. The second-order valence-corrected chi connectivity index (χ2v) is 10.4. The molecule has 184 valence electrons. The molecule has 36 heavy (non-hydrogen) atoms. The van der Waals surface area contributed by atoms with Crippen molar-refractivity contribution in [3.05, 3.63) is 99.7 Å². The molecule has 5 rings (SSSR count). The summed E-state index contributed by atoms with van der Waals surface area (Å²) in [5, 5.41) is 19.2. The molecule has 2 heterocycles. The number of rotatable bonds is 10. The molecule has 2 aromatic heterocycles. The molecule has 9 heteroatoms. The molecule has 0 aliphatic rings. The van der Waals surface area contributed by atoms with Gasteiger partial charge in [-0.3, -0.25) is 0 Å². The highest BCUT2D eigenvalue weighted by atomic mass is 35.5. The smallest absolute Gasteiger partial charge is 0.214 e. The topological polar surface area (TPSA) is 60.6 Å². The van der Waals surface area contributed by atoms with Gasteiger partial charge in [-0.25, -0.2) is 0 Å². The Labute approximate surface area is 224 Å². The molecule has 0 fully saturated rings. The van der Waals surface area contributed by atoms with Crippen LogP contribution in [0.3, 0.4) is 0 Å². The van der Waals surface area contributed by atoms with Crippen LogP contribution in [-0.2, 0) is 13.1 Å². The molecule has 0 saturated carbocycles. The van der Waals surface area contributed by atoms with E-state index in [1.807, 2.05) is 42.5 Å². The Bertz CT molecular complexity index is 1460. The zero-order chi connectivity index (χ0) is 24.9. The number of aromatic nitrogens is 5. The average Bonchev–Trinajstić information content (AvgIpc) is 3.46. The van der Waals surface area contributed by atoms with E-state index in [9.17, 15) is 0 Å². The minimum absolute atomic E-state index is 0.650. The van der Waals surface area contributed by atoms with E-state index in [4.69, 9.17) is 23.2 Å². The molecule has 0 unspecified atom stereocenters. The molecular weight excluding hydrogens is 511 g/mol. The zero-order valence-electron chi connectivity index (χ0n) is 19.9. The van der Waals surface area contributed by atoms with Crippen LogP contribution in [0, 0.1) is 6.92 Å². The molecule has 0 spiro atoms. The van der Waals surface area contributed by atoms with Crippen molar-refractivity contribution in [1.29, 1.82) is 0 Å². The maximum atomic E-state index is 6.48. The first-order chi connectivity index (χ1) is 17.6. The summed E-state index contributed by atoms with van der Waals surface area (Å²) in [5.74, 6) is 0.927. The Hall–Kier alpha value is -2.84. The van der Waals surface area contributed by atoms with Crippen molar-refractivity contribution in [1.82, 2.24) is 30.1 Å². The van der Waals surface area contributed by atoms with Crippen molar-refractivity contribution in [2.24, 2.45) is 0 Å². The van der Waals surface area contributed by atoms with Crippen molar-refractivity contribution in [2.45, 2.75) is 31.6 Å². The summed E-state index contributed by atoms with van der Waals surface area (Å²) >= 11 is 14.2. The maximum Gasteiger partial charge on any atom is 0.214 e. The van der Waals surface area contributed by atoms with E-state index in [0.717, 1.165) is 41.7 Å². The summed E-state index contributed by atoms with van der Waals surface area (Å²) in [6, 6.07) is 24.2. The van der Waals surface area contributed by atoms with Crippen LogP contribution in [0.4, 0.5) is 0 Å². The predicted octanol–water partition coefficient (Wildman–Crippen LogP) is 6.55. The minimum Gasteiger partial charge on any atom is -0.340 e. The highest BCUT2D eigenvalue weighted by Crippen LogP contribution is 2.29. The average molecular weight is 538 g/mol. The summed E-state index contributed by atoms with van der Waals surface area (Å²) in [7, 11) is 0. The van der Waals surface area contributed by atoms with Crippen molar-refractivity contribution >= 4 is 45.9 Å². The highest BCUT2D eigenvalue weighted by molar-refractivity contribution is 7.99. The SMILES string of the molecule is Cc1c(CNCCCSc2nnnn2-c2ccccc2)c2ccccc2n1Cc1ccc(Cl)cc1Cl. The Morgan fingerprint density at radius 1 is 0.972 bits per heavy atom. The first-order valence-electron chi connectivity index (χ1n) is 11.8. The Balaban J connectivity index is 1.20. The van der Waals surface area contributed by atoms with Gasteiger partial charge in [-0.1, -0.05) is 77.4 Å². The Morgan fingerprint density at radius 2 is 1.78 bits per heavy atom. The summed E-state index contributed by atoms with van der Waals surface area (Å²) in [5.41, 5.74) is 5.79. The van der Waals surface area contributed by atoms with Gasteiger partial charge in [0.25, 0.3) is 0 Å². The van der Waals surface area contributed by atoms with Gasteiger partial charge in [-0.05, 0) is 71.8 Å². The number of benzene rings is 3. The molecule has 0 aliphatic heterocycles. The van der Waals surface area contributed by atoms with Gasteiger partial charge in [0.15, 0.2) is 0 Å². The summed E-state index contributed by atoms with van der Waals surface area (Å²) in [6.07, 6.45) is 1.00. The van der Waals surface area contributed by atoms with Crippen LogP contribution in [-0.4, -0.2) is 37.1 Å². The molecular formula is C27H26Cl2N6S. The van der Waals surface area contributed by atoms with Crippen LogP contribution in [0.2, 0.25) is 10.0 Å². The summed E-state index contributed by atoms with van der Waals surface area (Å²) in [4.78, 5) is 0. The number of thioether (sulfide) groups is 1. The molecule has 1 N–H and O–H groups in total. The molecule has 6 nitrogen and oxygen atoms in total. The first-order valence-corrected chi connectivity index (χ1v) is 13.5. The van der Waals surface area contributed by atoms with E-state index in [1.165, 1.54) is 22.2 Å². The third kappa shape index (κ3) is 5.44. The van der Waals surface area contributed by atoms with Gasteiger partial charge < -0.3 is 9.88 Å². The predicted molar refractivity (Wildman–Crippen MR) is 148 cm³/mol. The van der Waals surface area contributed by atoms with E-state index in [2.05, 4.69) is 56.6 Å². The largest absolute Gasteiger partial charge is 0.340 e. The number of halogens is 2. The van der Waals surface area contributed by atoms with Gasteiger partial charge in [0, 0.05) is 45.5 Å². The second kappa shape index (κ2) is 11.5. The van der Waals surface area contributed by atoms with Crippen LogP contribution < -0.4 is 5.32 Å². The summed E-state index contributed by atoms with van der Waals surface area (Å²) in [6.45, 7) is 4.59. The number of hydrogen-bond donors (Lipinski definition) is 1. The molecule has 0 atom stereocenters. The van der Waals surface area contributed by atoms with Gasteiger partial charge in [0.1, 0.15) is 0 Å². The second-order valence-electron chi connectivity index (χ2n) is 8.49. The van der Waals surface area contributed by atoms with E-state index in [-0.39, 0.29) is 0 Å². The van der Waals surface area contributed by atoms with E-state index >= 15 is 0 Å². The van der Waals surface area contributed by atoms with Crippen molar-refractivity contribution in [3.8, 4) is 5.69 Å². The third-order valence-electron chi connectivity index (χ3n) is 6.18. The molecule has 0 bridgehead atoms. The molecule has 3 aromatic carbocycles. The highest BCUT2D eigenvalue weighted by Gasteiger charge is 2.15. The van der Waals surface area contributed by atoms with Gasteiger partial charge in [0.05, 0.1) is 5.69 Å². The molecule has 0 saturated heterocycles. The van der Waals surface area contributed by atoms with E-state index < -0.39 is 0 Å². The van der Waals surface area contributed by atoms with Crippen LogP contribution in [0.1, 0.15) is 23.2 Å². The van der Waals surface area contributed by atoms with Gasteiger partial charge in [0.2, 0.25) is 5.16 Å². The Morgan fingerprint density at radius 3 is 2.61 bits per heavy atom. The van der Waals surface area contributed by atoms with Crippen molar-refractivity contribution in [2.75, 3.05) is 12.3 Å². The van der Waals surface area contributed by atoms with Crippen LogP contribution in [0.5, 0.6) is 0 Å². The van der Waals surface area contributed by atoms with Crippen LogP contribution >= 0.6 is 35.0 Å². The number of hydrogen-bond acceptors (Lipinski definition) is 5. The number of nitrogens with one attached hydrogen (secondary N) is 1. The molecule has 0 amide bonds. The van der Waals surface area contributed by atoms with Crippen molar-refractivity contribution in [3.63, 3.8) is 0 Å². The fourth-order valence-electron chi connectivity index (χ4n) is 4.32. The first kappa shape index (κ1) is 24.8. The van der Waals surface area contributed by atoms with Crippen LogP contribution in [0.15, 0.2) is 78.0 Å². The normalized spacial score (nSPS) is 11.4. The number of tetrazole rings is 1. The Kier molecular flexibility index (Phi) is 7.92.